The van der Waals surface area contributed by atoms with Crippen molar-refractivity contribution < 1.29 is 0 Å². The summed E-state index contributed by atoms with van der Waals surface area (Å²) < 4.78 is 0. The smallest absolute Gasteiger partial charge is 0.252 e. The van der Waals surface area contributed by atoms with Crippen molar-refractivity contribution in [2.24, 2.45) is 5.73 Å². The maximum Gasteiger partial charge on any atom is 0.252 e. The van der Waals surface area contributed by atoms with Crippen LogP contribution >= 0.6 is 0 Å². The Kier molecular flexibility index (Phi) is 5.56. The van der Waals surface area contributed by atoms with Crippen LogP contribution in [0.25, 0.3) is 0 Å². The summed E-state index contributed by atoms with van der Waals surface area (Å²) >= 11 is 0. The summed E-state index contributed by atoms with van der Waals surface area (Å²) in [5.74, 6) is 1.29. The molecule has 16 heavy (non-hydrogen) atoms. The van der Waals surface area contributed by atoms with Crippen molar-refractivity contribution in [1.29, 1.82) is 0 Å². The lowest BCUT2D eigenvalue weighted by Gasteiger charge is -2.05. The Morgan fingerprint density at radius 2 is 2.12 bits per heavy atom. The lowest BCUT2D eigenvalue weighted by molar-refractivity contribution is 0.660. The van der Waals surface area contributed by atoms with Gasteiger partial charge in [0.2, 0.25) is 0 Å². The fraction of sp³-hybridized carbons (Fsp3) is 0.636. The lowest BCUT2D eigenvalue weighted by atomic mass is 10.2. The number of hydrogen-bond donors (Lipinski definition) is 3. The van der Waals surface area contributed by atoms with Crippen molar-refractivity contribution in [3.8, 4) is 0 Å². The molecule has 5 nitrogen and oxygen atoms in total. The molecule has 0 saturated carbocycles. The van der Waals surface area contributed by atoms with Crippen molar-refractivity contribution in [3.63, 3.8) is 0 Å². The summed E-state index contributed by atoms with van der Waals surface area (Å²) in [4.78, 5) is 17.9. The van der Waals surface area contributed by atoms with Gasteiger partial charge in [0.05, 0.1) is 0 Å². The Hall–Kier alpha value is -1.36. The Balaban J connectivity index is 2.24. The van der Waals surface area contributed by atoms with Gasteiger partial charge in [0, 0.05) is 12.6 Å². The first-order valence-corrected chi connectivity index (χ1v) is 5.74. The molecule has 0 atom stereocenters. The third kappa shape index (κ3) is 4.93. The van der Waals surface area contributed by atoms with E-state index in [9.17, 15) is 4.79 Å². The zero-order valence-electron chi connectivity index (χ0n) is 9.75. The molecular formula is C11H20N4O. The standard InChI is InChI=1S/C11H20N4O/c1-9-14-10(8-11(16)15-9)13-7-5-3-2-4-6-12/h8H,2-7,12H2,1H3,(H2,13,14,15,16). The first-order chi connectivity index (χ1) is 7.72. The van der Waals surface area contributed by atoms with Gasteiger partial charge in [-0.05, 0) is 26.3 Å². The molecular weight excluding hydrogens is 204 g/mol. The van der Waals surface area contributed by atoms with Gasteiger partial charge in [-0.1, -0.05) is 12.8 Å². The van der Waals surface area contributed by atoms with E-state index in [1.807, 2.05) is 0 Å². The fourth-order valence-corrected chi connectivity index (χ4v) is 1.51. The molecule has 4 N–H and O–H groups in total. The van der Waals surface area contributed by atoms with E-state index in [1.54, 1.807) is 6.92 Å². The van der Waals surface area contributed by atoms with E-state index in [0.717, 1.165) is 32.4 Å². The number of aromatic nitrogens is 2. The number of anilines is 1. The van der Waals surface area contributed by atoms with E-state index in [4.69, 9.17) is 5.73 Å². The fourth-order valence-electron chi connectivity index (χ4n) is 1.51. The highest BCUT2D eigenvalue weighted by Gasteiger charge is 1.96. The van der Waals surface area contributed by atoms with Crippen LogP contribution in [0.5, 0.6) is 0 Å². The average Bonchev–Trinajstić information content (AvgIpc) is 2.22. The molecule has 0 saturated heterocycles. The van der Waals surface area contributed by atoms with Crippen molar-refractivity contribution in [2.45, 2.75) is 32.6 Å². The molecule has 1 heterocycles. The predicted molar refractivity (Wildman–Crippen MR) is 65.6 cm³/mol. The van der Waals surface area contributed by atoms with Crippen molar-refractivity contribution in [2.75, 3.05) is 18.4 Å². The van der Waals surface area contributed by atoms with Gasteiger partial charge in [-0.15, -0.1) is 0 Å². The van der Waals surface area contributed by atoms with E-state index >= 15 is 0 Å². The summed E-state index contributed by atoms with van der Waals surface area (Å²) in [6.07, 6.45) is 4.49. The molecule has 1 rings (SSSR count). The first-order valence-electron chi connectivity index (χ1n) is 5.74. The van der Waals surface area contributed by atoms with E-state index in [1.165, 1.54) is 12.5 Å². The minimum absolute atomic E-state index is 0.113. The number of hydrogen-bond acceptors (Lipinski definition) is 4. The number of nitrogens with two attached hydrogens (primary N) is 1. The number of nitrogens with one attached hydrogen (secondary N) is 2. The molecule has 1 aromatic rings. The van der Waals surface area contributed by atoms with Crippen LogP contribution < -0.4 is 16.6 Å². The molecule has 0 bridgehead atoms. The summed E-state index contributed by atoms with van der Waals surface area (Å²) in [6, 6.07) is 1.48. The van der Waals surface area contributed by atoms with Gasteiger partial charge in [0.1, 0.15) is 11.6 Å². The lowest BCUT2D eigenvalue weighted by Crippen LogP contribution is -2.12. The highest BCUT2D eigenvalue weighted by Crippen LogP contribution is 2.01. The molecule has 0 fully saturated rings. The maximum atomic E-state index is 11.1. The number of aromatic amines is 1. The highest BCUT2D eigenvalue weighted by molar-refractivity contribution is 5.32. The molecule has 0 unspecified atom stereocenters. The topological polar surface area (TPSA) is 83.8 Å². The number of H-pyrrole nitrogens is 1. The zero-order valence-corrected chi connectivity index (χ0v) is 9.75. The second-order valence-electron chi connectivity index (χ2n) is 3.85. The molecule has 0 radical (unpaired) electrons. The van der Waals surface area contributed by atoms with E-state index in [0.29, 0.717) is 11.6 Å². The number of aryl methyl sites for hydroxylation is 1. The SMILES string of the molecule is Cc1nc(NCCCCCCN)cc(=O)[nH]1. The number of nitrogens with zero attached hydrogens (tertiary/aromatic N) is 1. The molecule has 5 heteroatoms. The largest absolute Gasteiger partial charge is 0.370 e. The van der Waals surface area contributed by atoms with Gasteiger partial charge >= 0.3 is 0 Å². The Bertz CT molecular complexity index is 361. The second-order valence-corrected chi connectivity index (χ2v) is 3.85. The van der Waals surface area contributed by atoms with Gasteiger partial charge in [-0.3, -0.25) is 4.79 Å². The van der Waals surface area contributed by atoms with Gasteiger partial charge in [0.15, 0.2) is 0 Å². The van der Waals surface area contributed by atoms with Crippen molar-refractivity contribution in [3.05, 3.63) is 22.2 Å². The molecule has 0 aromatic carbocycles. The van der Waals surface area contributed by atoms with Crippen LogP contribution in [0.1, 0.15) is 31.5 Å². The van der Waals surface area contributed by atoms with E-state index in [2.05, 4.69) is 15.3 Å². The van der Waals surface area contributed by atoms with Gasteiger partial charge in [-0.25, -0.2) is 4.98 Å². The normalized spacial score (nSPS) is 10.4. The quantitative estimate of drug-likeness (QED) is 0.603. The molecule has 1 aromatic heterocycles. The van der Waals surface area contributed by atoms with Gasteiger partial charge in [-0.2, -0.15) is 0 Å². The van der Waals surface area contributed by atoms with Crippen LogP contribution in [-0.2, 0) is 0 Å². The van der Waals surface area contributed by atoms with E-state index in [-0.39, 0.29) is 5.56 Å². The third-order valence-corrected chi connectivity index (χ3v) is 2.30. The van der Waals surface area contributed by atoms with Crippen LogP contribution in [0, 0.1) is 6.92 Å². The van der Waals surface area contributed by atoms with Crippen LogP contribution in [0.3, 0.4) is 0 Å². The Morgan fingerprint density at radius 1 is 1.38 bits per heavy atom. The van der Waals surface area contributed by atoms with E-state index < -0.39 is 0 Å². The number of unbranched alkanes of at least 4 members (excludes halogenated alkanes) is 3. The third-order valence-electron chi connectivity index (χ3n) is 2.30. The minimum Gasteiger partial charge on any atom is -0.370 e. The van der Waals surface area contributed by atoms with Crippen LogP contribution in [0.4, 0.5) is 5.82 Å². The molecule has 0 aliphatic heterocycles. The van der Waals surface area contributed by atoms with Crippen LogP contribution in [0.2, 0.25) is 0 Å². The minimum atomic E-state index is -0.113. The summed E-state index contributed by atoms with van der Waals surface area (Å²) in [7, 11) is 0. The zero-order chi connectivity index (χ0) is 11.8. The van der Waals surface area contributed by atoms with Gasteiger partial charge in [0.25, 0.3) is 5.56 Å². The molecule has 90 valence electrons. The summed E-state index contributed by atoms with van der Waals surface area (Å²) in [5, 5.41) is 3.14. The average molecular weight is 224 g/mol. The molecule has 0 aliphatic carbocycles. The van der Waals surface area contributed by atoms with Crippen molar-refractivity contribution >= 4 is 5.82 Å². The molecule has 0 amide bonds. The summed E-state index contributed by atoms with van der Waals surface area (Å²) in [6.45, 7) is 3.39. The maximum absolute atomic E-state index is 11.1. The van der Waals surface area contributed by atoms with Crippen LogP contribution in [-0.4, -0.2) is 23.1 Å². The second kappa shape index (κ2) is 7.00. The molecule has 0 spiro atoms. The van der Waals surface area contributed by atoms with Crippen LogP contribution in [0.15, 0.2) is 10.9 Å². The first kappa shape index (κ1) is 12.7. The summed E-state index contributed by atoms with van der Waals surface area (Å²) in [5.41, 5.74) is 5.29. The highest BCUT2D eigenvalue weighted by atomic mass is 16.1. The molecule has 0 aliphatic rings. The van der Waals surface area contributed by atoms with Gasteiger partial charge < -0.3 is 16.0 Å². The predicted octanol–water partition coefficient (Wildman–Crippen LogP) is 1.01. The van der Waals surface area contributed by atoms with Crippen molar-refractivity contribution in [1.82, 2.24) is 9.97 Å². The monoisotopic (exact) mass is 224 g/mol. The Labute approximate surface area is 95.5 Å². The number of rotatable bonds is 7. The Morgan fingerprint density at radius 3 is 2.81 bits per heavy atom.